The van der Waals surface area contributed by atoms with Crippen molar-refractivity contribution in [3.05, 3.63) is 72.1 Å². The van der Waals surface area contributed by atoms with E-state index in [1.807, 2.05) is 48.8 Å². The summed E-state index contributed by atoms with van der Waals surface area (Å²) >= 11 is 0. The molecule has 4 heteroatoms. The molecule has 0 amide bonds. The van der Waals surface area contributed by atoms with Crippen LogP contribution in [0.5, 0.6) is 5.75 Å². The maximum Gasteiger partial charge on any atom is 0.121 e. The van der Waals surface area contributed by atoms with Gasteiger partial charge in [-0.3, -0.25) is 9.88 Å². The molecule has 2 aromatic carbocycles. The molecule has 0 bridgehead atoms. The van der Waals surface area contributed by atoms with Gasteiger partial charge in [-0.1, -0.05) is 30.3 Å². The van der Waals surface area contributed by atoms with Gasteiger partial charge in [-0.05, 0) is 48.0 Å². The zero-order valence-corrected chi connectivity index (χ0v) is 13.9. The van der Waals surface area contributed by atoms with Gasteiger partial charge in [0.2, 0.25) is 0 Å². The number of aromatic hydroxyl groups is 1. The van der Waals surface area contributed by atoms with E-state index in [1.165, 1.54) is 5.56 Å². The average molecular weight is 321 g/mol. The topological polar surface area (TPSA) is 62.4 Å². The molecule has 0 saturated heterocycles. The summed E-state index contributed by atoms with van der Waals surface area (Å²) in [5.74, 6) is 0.305. The first-order valence-electron chi connectivity index (χ1n) is 8.20. The van der Waals surface area contributed by atoms with E-state index in [9.17, 15) is 5.11 Å². The molecule has 0 spiro atoms. The maximum absolute atomic E-state index is 10.5. The molecule has 1 heterocycles. The molecular formula is C20H23N3O. The summed E-state index contributed by atoms with van der Waals surface area (Å²) in [6.45, 7) is 1.31. The van der Waals surface area contributed by atoms with E-state index in [0.29, 0.717) is 12.3 Å². The molecule has 1 aromatic heterocycles. The molecule has 3 aromatic rings. The van der Waals surface area contributed by atoms with E-state index in [1.54, 1.807) is 6.07 Å². The molecule has 1 atom stereocenters. The molecule has 0 aliphatic rings. The lowest BCUT2D eigenvalue weighted by Crippen LogP contribution is -2.32. The molecular weight excluding hydrogens is 298 g/mol. The van der Waals surface area contributed by atoms with Crippen LogP contribution in [-0.4, -0.2) is 35.1 Å². The minimum atomic E-state index is -0.0297. The normalized spacial score (nSPS) is 12.6. The highest BCUT2D eigenvalue weighted by Gasteiger charge is 2.21. The Hall–Kier alpha value is -2.43. The molecule has 124 valence electrons. The lowest BCUT2D eigenvalue weighted by molar-refractivity contribution is 0.249. The Bertz CT molecular complexity index is 804. The van der Waals surface area contributed by atoms with Crippen LogP contribution in [-0.2, 0) is 6.42 Å². The van der Waals surface area contributed by atoms with Gasteiger partial charge in [-0.15, -0.1) is 0 Å². The molecule has 4 nitrogen and oxygen atoms in total. The average Bonchev–Trinajstić information content (AvgIpc) is 2.63. The molecule has 0 radical (unpaired) electrons. The van der Waals surface area contributed by atoms with Crippen molar-refractivity contribution in [1.29, 1.82) is 0 Å². The van der Waals surface area contributed by atoms with Gasteiger partial charge in [-0.25, -0.2) is 0 Å². The monoisotopic (exact) mass is 321 g/mol. The van der Waals surface area contributed by atoms with Crippen LogP contribution in [0.4, 0.5) is 0 Å². The third kappa shape index (κ3) is 3.40. The Labute approximate surface area is 142 Å². The van der Waals surface area contributed by atoms with E-state index in [-0.39, 0.29) is 6.04 Å². The van der Waals surface area contributed by atoms with Crippen LogP contribution in [0.3, 0.4) is 0 Å². The van der Waals surface area contributed by atoms with Crippen molar-refractivity contribution < 1.29 is 5.11 Å². The van der Waals surface area contributed by atoms with E-state index in [4.69, 9.17) is 5.73 Å². The van der Waals surface area contributed by atoms with Crippen LogP contribution in [0, 0.1) is 0 Å². The predicted molar refractivity (Wildman–Crippen MR) is 98.0 cm³/mol. The van der Waals surface area contributed by atoms with Crippen LogP contribution >= 0.6 is 0 Å². The predicted octanol–water partition coefficient (Wildman–Crippen LogP) is 3.11. The van der Waals surface area contributed by atoms with Crippen molar-refractivity contribution in [3.63, 3.8) is 0 Å². The molecule has 3 N–H and O–H groups in total. The summed E-state index contributed by atoms with van der Waals surface area (Å²) < 4.78 is 0. The number of pyridine rings is 1. The molecule has 0 aliphatic carbocycles. The lowest BCUT2D eigenvalue weighted by atomic mass is 9.96. The first-order valence-corrected chi connectivity index (χ1v) is 8.20. The summed E-state index contributed by atoms with van der Waals surface area (Å²) in [5.41, 5.74) is 8.23. The number of hydrogen-bond donors (Lipinski definition) is 2. The SMILES string of the molecule is CN(CCc1ccncc1)C(CN)c1c(O)ccc2ccccc12. The first kappa shape index (κ1) is 16.4. The van der Waals surface area contributed by atoms with Gasteiger partial charge in [0.15, 0.2) is 0 Å². The quantitative estimate of drug-likeness (QED) is 0.732. The fourth-order valence-corrected chi connectivity index (χ4v) is 3.16. The number of benzene rings is 2. The highest BCUT2D eigenvalue weighted by molar-refractivity contribution is 5.88. The molecule has 3 rings (SSSR count). The second-order valence-corrected chi connectivity index (χ2v) is 6.06. The first-order chi connectivity index (χ1) is 11.7. The Morgan fingerprint density at radius 3 is 2.58 bits per heavy atom. The number of hydrogen-bond acceptors (Lipinski definition) is 4. The van der Waals surface area contributed by atoms with Crippen molar-refractivity contribution >= 4 is 10.8 Å². The number of nitrogens with zero attached hydrogens (tertiary/aromatic N) is 2. The van der Waals surface area contributed by atoms with Crippen molar-refractivity contribution in [2.45, 2.75) is 12.5 Å². The van der Waals surface area contributed by atoms with Crippen LogP contribution in [0.15, 0.2) is 60.9 Å². The van der Waals surface area contributed by atoms with E-state index in [2.05, 4.69) is 23.0 Å². The van der Waals surface area contributed by atoms with E-state index >= 15 is 0 Å². The van der Waals surface area contributed by atoms with Crippen LogP contribution in [0.2, 0.25) is 0 Å². The van der Waals surface area contributed by atoms with Crippen LogP contribution < -0.4 is 5.73 Å². The van der Waals surface area contributed by atoms with Crippen molar-refractivity contribution in [2.75, 3.05) is 20.1 Å². The fourth-order valence-electron chi connectivity index (χ4n) is 3.16. The number of aromatic nitrogens is 1. The number of nitrogens with two attached hydrogens (primary N) is 1. The molecule has 1 unspecified atom stereocenters. The number of rotatable bonds is 6. The fraction of sp³-hybridized carbons (Fsp3) is 0.250. The van der Waals surface area contributed by atoms with E-state index < -0.39 is 0 Å². The molecule has 0 aliphatic heterocycles. The standard InChI is InChI=1S/C20H23N3O/c1-23(13-10-15-8-11-22-12-9-15)18(14-21)20-17-5-3-2-4-16(17)6-7-19(20)24/h2-9,11-12,18,24H,10,13-14,21H2,1H3. The highest BCUT2D eigenvalue weighted by atomic mass is 16.3. The number of phenolic OH excluding ortho intramolecular Hbond substituents is 1. The second kappa shape index (κ2) is 7.43. The van der Waals surface area contributed by atoms with Gasteiger partial charge in [0.25, 0.3) is 0 Å². The van der Waals surface area contributed by atoms with Gasteiger partial charge < -0.3 is 10.8 Å². The highest BCUT2D eigenvalue weighted by Crippen LogP contribution is 2.34. The Balaban J connectivity index is 1.87. The van der Waals surface area contributed by atoms with Crippen molar-refractivity contribution in [2.24, 2.45) is 5.73 Å². The third-order valence-corrected chi connectivity index (χ3v) is 4.54. The summed E-state index contributed by atoms with van der Waals surface area (Å²) in [4.78, 5) is 6.26. The Morgan fingerprint density at radius 1 is 1.08 bits per heavy atom. The number of fused-ring (bicyclic) bond motifs is 1. The van der Waals surface area contributed by atoms with E-state index in [0.717, 1.165) is 29.3 Å². The number of likely N-dealkylation sites (N-methyl/N-ethyl adjacent to an activating group) is 1. The zero-order valence-electron chi connectivity index (χ0n) is 13.9. The molecule has 0 fully saturated rings. The van der Waals surface area contributed by atoms with Gasteiger partial charge in [0.05, 0.1) is 6.04 Å². The zero-order chi connectivity index (χ0) is 16.9. The second-order valence-electron chi connectivity index (χ2n) is 6.06. The Morgan fingerprint density at radius 2 is 1.83 bits per heavy atom. The minimum absolute atomic E-state index is 0.0297. The summed E-state index contributed by atoms with van der Waals surface area (Å²) in [6.07, 6.45) is 4.54. The molecule has 24 heavy (non-hydrogen) atoms. The number of phenols is 1. The van der Waals surface area contributed by atoms with Gasteiger partial charge >= 0.3 is 0 Å². The maximum atomic E-state index is 10.5. The molecule has 0 saturated carbocycles. The van der Waals surface area contributed by atoms with Gasteiger partial charge in [0.1, 0.15) is 5.75 Å². The smallest absolute Gasteiger partial charge is 0.121 e. The minimum Gasteiger partial charge on any atom is -0.508 e. The van der Waals surface area contributed by atoms with Crippen molar-refractivity contribution in [1.82, 2.24) is 9.88 Å². The third-order valence-electron chi connectivity index (χ3n) is 4.54. The summed E-state index contributed by atoms with van der Waals surface area (Å²) in [5, 5.41) is 12.6. The van der Waals surface area contributed by atoms with Gasteiger partial charge in [0, 0.05) is 31.0 Å². The van der Waals surface area contributed by atoms with Crippen LogP contribution in [0.25, 0.3) is 10.8 Å². The Kier molecular flexibility index (Phi) is 5.08. The van der Waals surface area contributed by atoms with Gasteiger partial charge in [-0.2, -0.15) is 0 Å². The summed E-state index contributed by atoms with van der Waals surface area (Å²) in [7, 11) is 2.06. The largest absolute Gasteiger partial charge is 0.508 e. The summed E-state index contributed by atoms with van der Waals surface area (Å²) in [6, 6.07) is 15.8. The lowest BCUT2D eigenvalue weighted by Gasteiger charge is -2.29. The van der Waals surface area contributed by atoms with Crippen LogP contribution in [0.1, 0.15) is 17.2 Å². The van der Waals surface area contributed by atoms with Crippen molar-refractivity contribution in [3.8, 4) is 5.75 Å².